The van der Waals surface area contributed by atoms with Crippen LogP contribution in [0.25, 0.3) is 27.8 Å². The second-order valence-corrected chi connectivity index (χ2v) is 8.81. The highest BCUT2D eigenvalue weighted by Crippen LogP contribution is 2.41. The first-order valence-electron chi connectivity index (χ1n) is 11.0. The van der Waals surface area contributed by atoms with E-state index >= 15 is 0 Å². The number of likely N-dealkylation sites (N-methyl/N-ethyl adjacent to an activating group) is 1. The molecule has 1 saturated heterocycles. The van der Waals surface area contributed by atoms with E-state index in [2.05, 4.69) is 52.6 Å². The standard InChI is InChI=1S/C26H27N5O/c1-17-20(13-27)25-28-21-11-7-8-12-22(21)31(25)26(24(17)18-9-5-4-6-10-18)30-14-19(16-32)23(15-30)29(2)3/h4-12,19,23,32H,14-16H2,1-3H3/t19-,23-/m1/s1. The Balaban J connectivity index is 1.89. The van der Waals surface area contributed by atoms with Crippen LogP contribution in [0.2, 0.25) is 0 Å². The molecule has 0 unspecified atom stereocenters. The van der Waals surface area contributed by atoms with E-state index < -0.39 is 0 Å². The van der Waals surface area contributed by atoms with E-state index in [9.17, 15) is 10.4 Å². The maximum absolute atomic E-state index is 10.1. The summed E-state index contributed by atoms with van der Waals surface area (Å²) in [6.45, 7) is 3.70. The fraction of sp³-hybridized carbons (Fsp3) is 0.308. The van der Waals surface area contributed by atoms with E-state index in [0.29, 0.717) is 11.2 Å². The predicted octanol–water partition coefficient (Wildman–Crippen LogP) is 3.69. The van der Waals surface area contributed by atoms with Gasteiger partial charge in [0.2, 0.25) is 0 Å². The summed E-state index contributed by atoms with van der Waals surface area (Å²) in [4.78, 5) is 9.42. The lowest BCUT2D eigenvalue weighted by Crippen LogP contribution is -2.36. The molecule has 0 bridgehead atoms. The smallest absolute Gasteiger partial charge is 0.157 e. The van der Waals surface area contributed by atoms with Crippen LogP contribution in [0.15, 0.2) is 54.6 Å². The third-order valence-electron chi connectivity index (χ3n) is 6.75. The molecule has 6 nitrogen and oxygen atoms in total. The number of aliphatic hydroxyl groups excluding tert-OH is 1. The van der Waals surface area contributed by atoms with Crippen molar-refractivity contribution in [3.63, 3.8) is 0 Å². The van der Waals surface area contributed by atoms with E-state index in [1.165, 1.54) is 0 Å². The minimum Gasteiger partial charge on any atom is -0.396 e. The Labute approximate surface area is 187 Å². The van der Waals surface area contributed by atoms with Gasteiger partial charge in [-0.3, -0.25) is 4.40 Å². The summed E-state index contributed by atoms with van der Waals surface area (Å²) in [5, 5.41) is 20.2. The molecule has 3 heterocycles. The highest BCUT2D eigenvalue weighted by Gasteiger charge is 2.37. The third-order valence-corrected chi connectivity index (χ3v) is 6.75. The molecule has 0 spiro atoms. The molecule has 1 aliphatic rings. The minimum absolute atomic E-state index is 0.142. The zero-order chi connectivity index (χ0) is 22.4. The van der Waals surface area contributed by atoms with Crippen LogP contribution >= 0.6 is 0 Å². The van der Waals surface area contributed by atoms with Crippen molar-refractivity contribution in [3.05, 3.63) is 65.7 Å². The number of aliphatic hydroxyl groups is 1. The van der Waals surface area contributed by atoms with E-state index in [4.69, 9.17) is 4.98 Å². The Hall–Kier alpha value is -3.40. The molecule has 5 rings (SSSR count). The number of fused-ring (bicyclic) bond motifs is 3. The third kappa shape index (κ3) is 3.05. The zero-order valence-electron chi connectivity index (χ0n) is 18.7. The molecule has 2 aromatic heterocycles. The molecule has 4 aromatic rings. The maximum atomic E-state index is 10.1. The molecule has 2 atom stereocenters. The van der Waals surface area contributed by atoms with Crippen molar-refractivity contribution >= 4 is 22.5 Å². The van der Waals surface area contributed by atoms with Crippen LogP contribution in [0.3, 0.4) is 0 Å². The van der Waals surface area contributed by atoms with Crippen LogP contribution < -0.4 is 4.90 Å². The summed E-state index contributed by atoms with van der Waals surface area (Å²) in [5.41, 5.74) is 6.21. The number of anilines is 1. The van der Waals surface area contributed by atoms with E-state index in [1.54, 1.807) is 0 Å². The Morgan fingerprint density at radius 2 is 1.81 bits per heavy atom. The molecular formula is C26H27N5O. The van der Waals surface area contributed by atoms with Crippen LogP contribution in [0.5, 0.6) is 0 Å². The molecular weight excluding hydrogens is 398 g/mol. The highest BCUT2D eigenvalue weighted by molar-refractivity contribution is 5.92. The first-order chi connectivity index (χ1) is 15.5. The van der Waals surface area contributed by atoms with Crippen molar-refractivity contribution in [3.8, 4) is 17.2 Å². The molecule has 162 valence electrons. The van der Waals surface area contributed by atoms with Gasteiger partial charge in [0.15, 0.2) is 5.65 Å². The van der Waals surface area contributed by atoms with Gasteiger partial charge in [0.25, 0.3) is 0 Å². The molecule has 1 aliphatic heterocycles. The van der Waals surface area contributed by atoms with Gasteiger partial charge in [0, 0.05) is 37.2 Å². The lowest BCUT2D eigenvalue weighted by molar-refractivity contribution is 0.168. The monoisotopic (exact) mass is 425 g/mol. The first kappa shape index (κ1) is 20.5. The molecule has 1 fully saturated rings. The fourth-order valence-corrected chi connectivity index (χ4v) is 5.16. The number of imidazole rings is 1. The van der Waals surface area contributed by atoms with Crippen LogP contribution in [0.1, 0.15) is 11.1 Å². The van der Waals surface area contributed by atoms with Crippen molar-refractivity contribution in [2.75, 3.05) is 38.7 Å². The maximum Gasteiger partial charge on any atom is 0.157 e. The lowest BCUT2D eigenvalue weighted by Gasteiger charge is -2.27. The summed E-state index contributed by atoms with van der Waals surface area (Å²) in [7, 11) is 4.14. The number of rotatable bonds is 4. The van der Waals surface area contributed by atoms with Crippen molar-refractivity contribution in [2.24, 2.45) is 5.92 Å². The summed E-state index contributed by atoms with van der Waals surface area (Å²) in [6.07, 6.45) is 0. The number of nitrogens with zero attached hydrogens (tertiary/aromatic N) is 5. The average molecular weight is 426 g/mol. The first-order valence-corrected chi connectivity index (χ1v) is 11.0. The summed E-state index contributed by atoms with van der Waals surface area (Å²) in [6, 6.07) is 21.0. The minimum atomic E-state index is 0.142. The van der Waals surface area contributed by atoms with Gasteiger partial charge in [-0.05, 0) is 44.3 Å². The van der Waals surface area contributed by atoms with E-state index in [-0.39, 0.29) is 18.6 Å². The van der Waals surface area contributed by atoms with Gasteiger partial charge >= 0.3 is 0 Å². The average Bonchev–Trinajstić information content (AvgIpc) is 3.41. The number of nitriles is 1. The lowest BCUT2D eigenvalue weighted by atomic mass is 9.97. The van der Waals surface area contributed by atoms with Gasteiger partial charge in [-0.15, -0.1) is 0 Å². The molecule has 0 radical (unpaired) electrons. The Morgan fingerprint density at radius 1 is 1.09 bits per heavy atom. The van der Waals surface area contributed by atoms with Gasteiger partial charge in [-0.1, -0.05) is 42.5 Å². The van der Waals surface area contributed by atoms with Crippen LogP contribution in [-0.4, -0.2) is 59.2 Å². The summed E-state index contributed by atoms with van der Waals surface area (Å²) >= 11 is 0. The van der Waals surface area contributed by atoms with Crippen molar-refractivity contribution in [2.45, 2.75) is 13.0 Å². The van der Waals surface area contributed by atoms with Crippen LogP contribution in [0.4, 0.5) is 5.82 Å². The number of pyridine rings is 1. The predicted molar refractivity (Wildman–Crippen MR) is 128 cm³/mol. The van der Waals surface area contributed by atoms with Gasteiger partial charge in [-0.2, -0.15) is 5.26 Å². The second kappa shape index (κ2) is 7.94. The van der Waals surface area contributed by atoms with E-state index in [1.807, 2.05) is 43.3 Å². The normalized spacial score (nSPS) is 18.7. The SMILES string of the molecule is Cc1c(-c2ccccc2)c(N2C[C@H](CO)[C@H](N(C)C)C2)n2c(nc3ccccc32)c1C#N. The van der Waals surface area contributed by atoms with E-state index in [0.717, 1.165) is 46.6 Å². The van der Waals surface area contributed by atoms with Crippen molar-refractivity contribution in [1.82, 2.24) is 14.3 Å². The largest absolute Gasteiger partial charge is 0.396 e. The van der Waals surface area contributed by atoms with Gasteiger partial charge in [0.1, 0.15) is 11.9 Å². The van der Waals surface area contributed by atoms with Crippen molar-refractivity contribution in [1.29, 1.82) is 5.26 Å². The van der Waals surface area contributed by atoms with Crippen LogP contribution in [0, 0.1) is 24.2 Å². The number of aromatic nitrogens is 2. The molecule has 0 amide bonds. The molecule has 2 aromatic carbocycles. The van der Waals surface area contributed by atoms with Crippen molar-refractivity contribution < 1.29 is 5.11 Å². The summed E-state index contributed by atoms with van der Waals surface area (Å²) < 4.78 is 2.15. The fourth-order valence-electron chi connectivity index (χ4n) is 5.16. The van der Waals surface area contributed by atoms with Crippen LogP contribution in [-0.2, 0) is 0 Å². The Bertz CT molecular complexity index is 1340. The highest BCUT2D eigenvalue weighted by atomic mass is 16.3. The molecule has 32 heavy (non-hydrogen) atoms. The Morgan fingerprint density at radius 3 is 2.47 bits per heavy atom. The second-order valence-electron chi connectivity index (χ2n) is 8.81. The number of para-hydroxylation sites is 2. The number of benzene rings is 2. The molecule has 1 N–H and O–H groups in total. The Kier molecular flexibility index (Phi) is 5.09. The van der Waals surface area contributed by atoms with Gasteiger partial charge < -0.3 is 14.9 Å². The van der Waals surface area contributed by atoms with Gasteiger partial charge in [0.05, 0.1) is 16.6 Å². The number of hydrogen-bond acceptors (Lipinski definition) is 5. The topological polar surface area (TPSA) is 67.8 Å². The quantitative estimate of drug-likeness (QED) is 0.540. The van der Waals surface area contributed by atoms with Gasteiger partial charge in [-0.25, -0.2) is 4.98 Å². The molecule has 6 heteroatoms. The number of hydrogen-bond donors (Lipinski definition) is 1. The zero-order valence-corrected chi connectivity index (χ0v) is 18.7. The summed E-state index contributed by atoms with van der Waals surface area (Å²) in [5.74, 6) is 1.19. The molecule has 0 aliphatic carbocycles. The molecule has 0 saturated carbocycles.